The van der Waals surface area contributed by atoms with E-state index >= 15 is 0 Å². The number of ether oxygens (including phenoxy) is 2. The van der Waals surface area contributed by atoms with Crippen molar-refractivity contribution in [2.45, 2.75) is 13.5 Å². The Labute approximate surface area is 191 Å². The van der Waals surface area contributed by atoms with Gasteiger partial charge in [0.25, 0.3) is 5.91 Å². The number of hydrogen-bond donors (Lipinski definition) is 2. The number of carbonyl (C=O) groups excluding carboxylic acids is 1. The van der Waals surface area contributed by atoms with Crippen molar-refractivity contribution in [3.63, 3.8) is 0 Å². The van der Waals surface area contributed by atoms with Crippen molar-refractivity contribution >= 4 is 23.6 Å². The Morgan fingerprint density at radius 2 is 1.73 bits per heavy atom. The maximum Gasteiger partial charge on any atom is 0.335 e. The van der Waals surface area contributed by atoms with E-state index in [4.69, 9.17) is 14.6 Å². The quantitative estimate of drug-likeness (QED) is 0.382. The van der Waals surface area contributed by atoms with Gasteiger partial charge in [-0.25, -0.2) is 4.79 Å². The maximum absolute atomic E-state index is 12.5. The molecule has 0 fully saturated rings. The summed E-state index contributed by atoms with van der Waals surface area (Å²) in [5.41, 5.74) is 3.21. The molecule has 3 rings (SSSR count). The highest BCUT2D eigenvalue weighted by atomic mass is 16.5. The van der Waals surface area contributed by atoms with Crippen LogP contribution < -0.4 is 14.8 Å². The first kappa shape index (κ1) is 23.1. The fourth-order valence-electron chi connectivity index (χ4n) is 2.95. The molecule has 3 aromatic carbocycles. The average molecular weight is 442 g/mol. The minimum atomic E-state index is -0.989. The molecule has 1 amide bonds. The van der Waals surface area contributed by atoms with Gasteiger partial charge in [-0.05, 0) is 60.5 Å². The summed E-state index contributed by atoms with van der Waals surface area (Å²) < 4.78 is 11.2. The molecule has 2 N–H and O–H groups in total. The van der Waals surface area contributed by atoms with Crippen LogP contribution in [0.15, 0.2) is 72.3 Å². The lowest BCUT2D eigenvalue weighted by molar-refractivity contribution is -0.112. The van der Waals surface area contributed by atoms with Crippen molar-refractivity contribution in [2.75, 3.05) is 12.4 Å². The lowest BCUT2D eigenvalue weighted by Crippen LogP contribution is -2.13. The second kappa shape index (κ2) is 10.6. The number of hydrogen-bond acceptors (Lipinski definition) is 5. The van der Waals surface area contributed by atoms with Gasteiger partial charge in [0, 0.05) is 5.69 Å². The van der Waals surface area contributed by atoms with E-state index in [1.165, 1.54) is 25.3 Å². The molecule has 0 aliphatic heterocycles. The van der Waals surface area contributed by atoms with Crippen LogP contribution in [0.4, 0.5) is 5.69 Å². The first-order chi connectivity index (χ1) is 15.9. The number of carboxylic acid groups (broad SMARTS) is 1. The summed E-state index contributed by atoms with van der Waals surface area (Å²) >= 11 is 0. The smallest absolute Gasteiger partial charge is 0.335 e. The summed E-state index contributed by atoms with van der Waals surface area (Å²) in [6, 6.07) is 20.7. The van der Waals surface area contributed by atoms with Crippen molar-refractivity contribution in [1.82, 2.24) is 0 Å². The van der Waals surface area contributed by atoms with Gasteiger partial charge >= 0.3 is 5.97 Å². The summed E-state index contributed by atoms with van der Waals surface area (Å²) in [5, 5.41) is 21.1. The number of nitrogens with zero attached hydrogens (tertiary/aromatic N) is 1. The van der Waals surface area contributed by atoms with Crippen LogP contribution >= 0.6 is 0 Å². The zero-order valence-electron chi connectivity index (χ0n) is 18.2. The highest BCUT2D eigenvalue weighted by Crippen LogP contribution is 2.30. The Morgan fingerprint density at radius 1 is 1.03 bits per heavy atom. The number of aromatic carboxylic acids is 1. The lowest BCUT2D eigenvalue weighted by atomic mass is 10.1. The molecule has 33 heavy (non-hydrogen) atoms. The Bertz CT molecular complexity index is 1220. The van der Waals surface area contributed by atoms with Gasteiger partial charge in [-0.15, -0.1) is 0 Å². The molecule has 0 radical (unpaired) electrons. The standard InChI is InChI=1S/C26H22N2O5/c1-17-3-10-22(11-4-17)28-25(29)21(15-27)13-19-7-12-23(24(14-19)32-2)33-16-18-5-8-20(9-6-18)26(30)31/h3-14H,16H2,1-2H3,(H,28,29)(H,30,31). The van der Waals surface area contributed by atoms with Crippen molar-refractivity contribution < 1.29 is 24.2 Å². The fraction of sp³-hybridized carbons (Fsp3) is 0.115. The van der Waals surface area contributed by atoms with Crippen molar-refractivity contribution in [3.8, 4) is 17.6 Å². The Kier molecular flexibility index (Phi) is 7.45. The number of amides is 1. The predicted octanol–water partition coefficient (Wildman–Crippen LogP) is 4.83. The van der Waals surface area contributed by atoms with Gasteiger partial charge in [-0.3, -0.25) is 4.79 Å². The first-order valence-corrected chi connectivity index (χ1v) is 10.0. The maximum atomic E-state index is 12.5. The third kappa shape index (κ3) is 6.21. The van der Waals surface area contributed by atoms with Crippen LogP contribution in [0.1, 0.15) is 27.0 Å². The van der Waals surface area contributed by atoms with Crippen LogP contribution in [0.2, 0.25) is 0 Å². The van der Waals surface area contributed by atoms with Crippen molar-refractivity contribution in [2.24, 2.45) is 0 Å². The van der Waals surface area contributed by atoms with Gasteiger partial charge in [0.2, 0.25) is 0 Å². The summed E-state index contributed by atoms with van der Waals surface area (Å²) in [5.74, 6) is -0.593. The monoisotopic (exact) mass is 442 g/mol. The molecular weight excluding hydrogens is 420 g/mol. The van der Waals surface area contributed by atoms with Gasteiger partial charge in [-0.1, -0.05) is 35.9 Å². The zero-order chi connectivity index (χ0) is 23.8. The van der Waals surface area contributed by atoms with E-state index < -0.39 is 11.9 Å². The average Bonchev–Trinajstić information content (AvgIpc) is 2.83. The number of methoxy groups -OCH3 is 1. The summed E-state index contributed by atoms with van der Waals surface area (Å²) in [6.07, 6.45) is 1.47. The SMILES string of the molecule is COc1cc(C=C(C#N)C(=O)Nc2ccc(C)cc2)ccc1OCc1ccc(C(=O)O)cc1. The second-order valence-corrected chi connectivity index (χ2v) is 7.19. The number of anilines is 1. The van der Waals surface area contributed by atoms with Gasteiger partial charge < -0.3 is 19.9 Å². The molecule has 0 heterocycles. The van der Waals surface area contributed by atoms with Crippen LogP contribution in [0.25, 0.3) is 6.08 Å². The molecular formula is C26H22N2O5. The Hall–Kier alpha value is -4.57. The van der Waals surface area contributed by atoms with Gasteiger partial charge in [0.05, 0.1) is 12.7 Å². The van der Waals surface area contributed by atoms with Crippen LogP contribution in [-0.4, -0.2) is 24.1 Å². The fourth-order valence-corrected chi connectivity index (χ4v) is 2.95. The molecule has 7 heteroatoms. The molecule has 0 aromatic heterocycles. The molecule has 0 saturated heterocycles. The largest absolute Gasteiger partial charge is 0.493 e. The van der Waals surface area contributed by atoms with Gasteiger partial charge in [0.15, 0.2) is 11.5 Å². The molecule has 0 saturated carbocycles. The summed E-state index contributed by atoms with van der Waals surface area (Å²) in [4.78, 5) is 23.4. The van der Waals surface area contributed by atoms with E-state index in [1.807, 2.05) is 25.1 Å². The molecule has 0 spiro atoms. The van der Waals surface area contributed by atoms with Crippen LogP contribution in [0.5, 0.6) is 11.5 Å². The third-order valence-electron chi connectivity index (χ3n) is 4.77. The predicted molar refractivity (Wildman–Crippen MR) is 124 cm³/mol. The number of aryl methyl sites for hydroxylation is 1. The number of benzene rings is 3. The number of rotatable bonds is 8. The van der Waals surface area contributed by atoms with E-state index in [2.05, 4.69) is 5.32 Å². The molecule has 0 aliphatic carbocycles. The second-order valence-electron chi connectivity index (χ2n) is 7.19. The minimum absolute atomic E-state index is 0.0511. The van der Waals surface area contributed by atoms with Crippen LogP contribution in [-0.2, 0) is 11.4 Å². The topological polar surface area (TPSA) is 109 Å². The molecule has 0 unspecified atom stereocenters. The van der Waals surface area contributed by atoms with Crippen LogP contribution in [0, 0.1) is 18.3 Å². The van der Waals surface area contributed by atoms with E-state index in [1.54, 1.807) is 42.5 Å². The first-order valence-electron chi connectivity index (χ1n) is 10.0. The molecule has 166 valence electrons. The molecule has 0 atom stereocenters. The number of carbonyl (C=O) groups is 2. The Balaban J connectivity index is 1.72. The minimum Gasteiger partial charge on any atom is -0.493 e. The Morgan fingerprint density at radius 3 is 2.33 bits per heavy atom. The molecule has 7 nitrogen and oxygen atoms in total. The van der Waals surface area contributed by atoms with Gasteiger partial charge in [-0.2, -0.15) is 5.26 Å². The highest BCUT2D eigenvalue weighted by molar-refractivity contribution is 6.09. The molecule has 0 bridgehead atoms. The molecule has 3 aromatic rings. The number of carboxylic acids is 1. The van der Waals surface area contributed by atoms with Crippen LogP contribution in [0.3, 0.4) is 0 Å². The van der Waals surface area contributed by atoms with E-state index in [0.29, 0.717) is 22.7 Å². The van der Waals surface area contributed by atoms with E-state index in [0.717, 1.165) is 11.1 Å². The van der Waals surface area contributed by atoms with Gasteiger partial charge in [0.1, 0.15) is 18.2 Å². The number of nitriles is 1. The van der Waals surface area contributed by atoms with E-state index in [9.17, 15) is 14.9 Å². The highest BCUT2D eigenvalue weighted by Gasteiger charge is 2.12. The third-order valence-corrected chi connectivity index (χ3v) is 4.77. The summed E-state index contributed by atoms with van der Waals surface area (Å²) in [6.45, 7) is 2.16. The summed E-state index contributed by atoms with van der Waals surface area (Å²) in [7, 11) is 1.49. The zero-order valence-corrected chi connectivity index (χ0v) is 18.2. The normalized spacial score (nSPS) is 10.8. The lowest BCUT2D eigenvalue weighted by Gasteiger charge is -2.12. The van der Waals surface area contributed by atoms with Crippen molar-refractivity contribution in [3.05, 3.63) is 94.6 Å². The van der Waals surface area contributed by atoms with E-state index in [-0.39, 0.29) is 17.7 Å². The molecule has 0 aliphatic rings. The number of nitrogens with one attached hydrogen (secondary N) is 1. The van der Waals surface area contributed by atoms with Crippen molar-refractivity contribution in [1.29, 1.82) is 5.26 Å².